The van der Waals surface area contributed by atoms with Crippen molar-refractivity contribution in [2.75, 3.05) is 39.9 Å². The van der Waals surface area contributed by atoms with E-state index in [1.165, 1.54) is 19.8 Å². The largest absolute Gasteiger partial charge is 0.462 e. The summed E-state index contributed by atoms with van der Waals surface area (Å²) in [6, 6.07) is 0.173. The van der Waals surface area contributed by atoms with E-state index in [9.17, 15) is 19.5 Å². The summed E-state index contributed by atoms with van der Waals surface area (Å²) in [6.45, 7) is 9.66. The molecule has 4 saturated carbocycles. The van der Waals surface area contributed by atoms with Gasteiger partial charge in [0.25, 0.3) is 0 Å². The Kier molecular flexibility index (Phi) is 7.91. The third kappa shape index (κ3) is 4.86. The molecular formula is C33H50N2O7. The lowest BCUT2D eigenvalue weighted by atomic mass is 9.43. The zero-order chi connectivity index (χ0) is 29.9. The van der Waals surface area contributed by atoms with Crippen LogP contribution >= 0.6 is 0 Å². The Hall–Kier alpha value is -2.13. The molecule has 6 rings (SSSR count). The number of esters is 2. The van der Waals surface area contributed by atoms with Crippen LogP contribution in [0.25, 0.3) is 0 Å². The van der Waals surface area contributed by atoms with Crippen molar-refractivity contribution in [2.24, 2.45) is 34.5 Å². The number of rotatable bonds is 6. The van der Waals surface area contributed by atoms with E-state index < -0.39 is 17.1 Å². The third-order valence-electron chi connectivity index (χ3n) is 12.9. The van der Waals surface area contributed by atoms with Crippen LogP contribution in [-0.4, -0.2) is 90.6 Å². The first-order chi connectivity index (χ1) is 20.0. The van der Waals surface area contributed by atoms with E-state index in [1.807, 2.05) is 11.9 Å². The number of ether oxygens (including phenoxy) is 3. The average molecular weight is 587 g/mol. The summed E-state index contributed by atoms with van der Waals surface area (Å²) in [7, 11) is 1.89. The molecule has 1 saturated heterocycles. The van der Waals surface area contributed by atoms with Gasteiger partial charge in [-0.25, -0.2) is 9.59 Å². The number of amides is 1. The van der Waals surface area contributed by atoms with E-state index in [0.717, 1.165) is 70.2 Å². The molecule has 0 aromatic heterocycles. The monoisotopic (exact) mass is 586 g/mol. The van der Waals surface area contributed by atoms with Crippen molar-refractivity contribution in [1.82, 2.24) is 9.80 Å². The van der Waals surface area contributed by atoms with Crippen LogP contribution in [0.15, 0.2) is 11.6 Å². The van der Waals surface area contributed by atoms with Crippen LogP contribution in [0, 0.1) is 34.5 Å². The fourth-order valence-corrected chi connectivity index (χ4v) is 10.6. The molecule has 0 aromatic rings. The van der Waals surface area contributed by atoms with E-state index in [4.69, 9.17) is 14.2 Å². The maximum Gasteiger partial charge on any atom is 0.409 e. The molecule has 0 radical (unpaired) electrons. The Labute approximate surface area is 250 Å². The van der Waals surface area contributed by atoms with Gasteiger partial charge >= 0.3 is 18.0 Å². The van der Waals surface area contributed by atoms with Crippen molar-refractivity contribution in [3.05, 3.63) is 11.6 Å². The zero-order valence-electron chi connectivity index (χ0n) is 25.9. The van der Waals surface area contributed by atoms with Gasteiger partial charge in [0.05, 0.1) is 5.60 Å². The highest BCUT2D eigenvalue weighted by Crippen LogP contribution is 2.70. The number of cyclic esters (lactones) is 1. The summed E-state index contributed by atoms with van der Waals surface area (Å²) >= 11 is 0. The van der Waals surface area contributed by atoms with Gasteiger partial charge in [0.15, 0.2) is 0 Å². The summed E-state index contributed by atoms with van der Waals surface area (Å²) in [5, 5.41) is 12.7. The number of carbonyl (C=O) groups is 3. The maximum atomic E-state index is 12.9. The highest BCUT2D eigenvalue weighted by atomic mass is 16.6. The summed E-state index contributed by atoms with van der Waals surface area (Å²) in [4.78, 5) is 41.3. The van der Waals surface area contributed by atoms with Gasteiger partial charge in [-0.1, -0.05) is 13.8 Å². The Morgan fingerprint density at radius 2 is 1.88 bits per heavy atom. The first-order valence-corrected chi connectivity index (χ1v) is 16.3. The molecule has 4 aliphatic carbocycles. The molecule has 42 heavy (non-hydrogen) atoms. The number of nitrogens with zero attached hydrogens (tertiary/aromatic N) is 2. The van der Waals surface area contributed by atoms with Crippen LogP contribution in [-0.2, 0) is 23.8 Å². The normalized spacial score (nSPS) is 43.1. The fourth-order valence-electron chi connectivity index (χ4n) is 10.6. The van der Waals surface area contributed by atoms with Gasteiger partial charge in [0.1, 0.15) is 19.3 Å². The van der Waals surface area contributed by atoms with Gasteiger partial charge in [-0.2, -0.15) is 0 Å². The minimum absolute atomic E-state index is 0.0810. The topological polar surface area (TPSA) is 106 Å². The predicted molar refractivity (Wildman–Crippen MR) is 155 cm³/mol. The van der Waals surface area contributed by atoms with Crippen molar-refractivity contribution in [3.63, 3.8) is 0 Å². The first kappa shape index (κ1) is 29.9. The molecule has 0 spiro atoms. The lowest BCUT2D eigenvalue weighted by molar-refractivity contribution is -0.206. The Bertz CT molecular complexity index is 1120. The van der Waals surface area contributed by atoms with E-state index in [2.05, 4.69) is 18.7 Å². The second kappa shape index (κ2) is 11.1. The van der Waals surface area contributed by atoms with Crippen LogP contribution in [0.4, 0.5) is 4.79 Å². The highest BCUT2D eigenvalue weighted by Gasteiger charge is 2.71. The SMILES string of the molecule is CC(=O)O[C@@H]1C[C@@]2(O)[C@@H]3CC[C@@H]4C[C@H](N(C)C(=O)OCCN5CCCC5)CC[C@@]4(C)[C@@H]3CC[C@]2(C)[C@H]1C1=CC(=O)OC1. The van der Waals surface area contributed by atoms with E-state index in [-0.39, 0.29) is 47.9 Å². The molecule has 0 bridgehead atoms. The van der Waals surface area contributed by atoms with Gasteiger partial charge in [-0.05, 0) is 99.6 Å². The molecule has 5 fully saturated rings. The summed E-state index contributed by atoms with van der Waals surface area (Å²) in [6.07, 6.45) is 10.4. The summed E-state index contributed by atoms with van der Waals surface area (Å²) < 4.78 is 16.8. The second-order valence-corrected chi connectivity index (χ2v) is 14.7. The van der Waals surface area contributed by atoms with Crippen molar-refractivity contribution in [2.45, 2.75) is 103 Å². The molecule has 9 heteroatoms. The molecule has 0 aromatic carbocycles. The standard InChI is InChI=1S/C33H50N2O7/c1-21(36)42-27-19-33(39)26-8-7-23-18-24(34(4)30(38)40-16-15-35-13-5-6-14-35)9-11-31(23,2)25(26)10-12-32(33,3)29(27)22-17-28(37)41-20-22/h17,23-27,29,39H,5-16,18-20H2,1-4H3/t23-,24-,25-,26-,27-,29+,31-,32-,33-/m1/s1. The molecule has 9 nitrogen and oxygen atoms in total. The van der Waals surface area contributed by atoms with Crippen LogP contribution in [0.3, 0.4) is 0 Å². The van der Waals surface area contributed by atoms with Crippen LogP contribution < -0.4 is 0 Å². The number of likely N-dealkylation sites (tertiary alicyclic amines) is 1. The van der Waals surface area contributed by atoms with E-state index in [0.29, 0.717) is 24.9 Å². The average Bonchev–Trinajstić information content (AvgIpc) is 3.66. The Morgan fingerprint density at radius 1 is 1.12 bits per heavy atom. The minimum atomic E-state index is -0.992. The quantitative estimate of drug-likeness (QED) is 0.363. The molecule has 1 amide bonds. The van der Waals surface area contributed by atoms with Crippen molar-refractivity contribution < 1.29 is 33.7 Å². The summed E-state index contributed by atoms with van der Waals surface area (Å²) in [5.41, 5.74) is -0.571. The zero-order valence-corrected chi connectivity index (χ0v) is 25.9. The first-order valence-electron chi connectivity index (χ1n) is 16.3. The van der Waals surface area contributed by atoms with Crippen LogP contribution in [0.2, 0.25) is 0 Å². The fraction of sp³-hybridized carbons (Fsp3) is 0.848. The Morgan fingerprint density at radius 3 is 2.57 bits per heavy atom. The van der Waals surface area contributed by atoms with E-state index in [1.54, 1.807) is 6.08 Å². The van der Waals surface area contributed by atoms with Crippen molar-refractivity contribution in [3.8, 4) is 0 Å². The van der Waals surface area contributed by atoms with Gasteiger partial charge in [-0.15, -0.1) is 0 Å². The van der Waals surface area contributed by atoms with Gasteiger partial charge in [0.2, 0.25) is 0 Å². The number of hydrogen-bond acceptors (Lipinski definition) is 8. The molecule has 9 atom stereocenters. The van der Waals surface area contributed by atoms with E-state index >= 15 is 0 Å². The second-order valence-electron chi connectivity index (χ2n) is 14.7. The highest BCUT2D eigenvalue weighted by molar-refractivity contribution is 5.85. The Balaban J connectivity index is 1.15. The third-order valence-corrected chi connectivity index (χ3v) is 12.9. The van der Waals surface area contributed by atoms with Crippen molar-refractivity contribution in [1.29, 1.82) is 0 Å². The van der Waals surface area contributed by atoms with Crippen LogP contribution in [0.5, 0.6) is 0 Å². The number of carbonyl (C=O) groups excluding carboxylic acids is 3. The minimum Gasteiger partial charge on any atom is -0.462 e. The molecule has 0 unspecified atom stereocenters. The van der Waals surface area contributed by atoms with Crippen LogP contribution in [0.1, 0.15) is 85.0 Å². The molecule has 2 aliphatic heterocycles. The van der Waals surface area contributed by atoms with Gasteiger partial charge in [0, 0.05) is 50.4 Å². The predicted octanol–water partition coefficient (Wildman–Crippen LogP) is 4.32. The van der Waals surface area contributed by atoms with Crippen molar-refractivity contribution >= 4 is 18.0 Å². The molecule has 6 aliphatic rings. The number of aliphatic hydroxyl groups is 1. The van der Waals surface area contributed by atoms with Gasteiger partial charge < -0.3 is 24.2 Å². The number of hydrogen-bond donors (Lipinski definition) is 1. The summed E-state index contributed by atoms with van der Waals surface area (Å²) in [5.74, 6) is 0.000138. The lowest BCUT2D eigenvalue weighted by Crippen LogP contribution is -2.62. The smallest absolute Gasteiger partial charge is 0.409 e. The van der Waals surface area contributed by atoms with Gasteiger partial charge in [-0.3, -0.25) is 9.69 Å². The maximum absolute atomic E-state index is 12.9. The molecule has 234 valence electrons. The molecular weight excluding hydrogens is 536 g/mol. The molecule has 1 N–H and O–H groups in total. The lowest BCUT2D eigenvalue weighted by Gasteiger charge is -2.63. The number of fused-ring (bicyclic) bond motifs is 5. The molecule has 2 heterocycles.